The third-order valence-electron chi connectivity index (χ3n) is 3.46. The molecule has 0 saturated carbocycles. The van der Waals surface area contributed by atoms with Crippen molar-refractivity contribution in [2.45, 2.75) is 19.4 Å². The fourth-order valence-electron chi connectivity index (χ4n) is 2.42. The Morgan fingerprint density at radius 2 is 2.30 bits per heavy atom. The van der Waals surface area contributed by atoms with Gasteiger partial charge in [0.2, 0.25) is 0 Å². The van der Waals surface area contributed by atoms with E-state index in [1.54, 1.807) is 4.68 Å². The summed E-state index contributed by atoms with van der Waals surface area (Å²) in [6, 6.07) is 3.80. The van der Waals surface area contributed by atoms with E-state index < -0.39 is 5.97 Å². The molecule has 0 amide bonds. The molecular formula is C13H15N3O3S. The van der Waals surface area contributed by atoms with Crippen LogP contribution >= 0.6 is 11.3 Å². The number of thiophene rings is 1. The number of hydrogen-bond donors (Lipinski definition) is 1. The summed E-state index contributed by atoms with van der Waals surface area (Å²) < 4.78 is 7.07. The van der Waals surface area contributed by atoms with Crippen LogP contribution in [0.1, 0.15) is 23.3 Å². The molecule has 3 rings (SSSR count). The molecule has 2 aromatic heterocycles. The summed E-state index contributed by atoms with van der Waals surface area (Å²) in [6.07, 6.45) is 1.96. The average molecular weight is 293 g/mol. The second kappa shape index (κ2) is 5.72. The lowest BCUT2D eigenvalue weighted by Crippen LogP contribution is -2.21. The first-order valence-electron chi connectivity index (χ1n) is 6.54. The van der Waals surface area contributed by atoms with E-state index in [4.69, 9.17) is 4.74 Å². The molecule has 7 heteroatoms. The third-order valence-corrected chi connectivity index (χ3v) is 4.34. The number of nitrogens with zero attached hydrogens (tertiary/aromatic N) is 3. The number of carboxylic acids is 1. The van der Waals surface area contributed by atoms with Gasteiger partial charge in [0.1, 0.15) is 5.69 Å². The van der Waals surface area contributed by atoms with Gasteiger partial charge in [-0.1, -0.05) is 11.3 Å². The van der Waals surface area contributed by atoms with Crippen LogP contribution in [0.15, 0.2) is 17.5 Å². The normalized spacial score (nSPS) is 16.4. The monoisotopic (exact) mass is 293 g/mol. The molecule has 106 valence electrons. The van der Waals surface area contributed by atoms with E-state index in [1.165, 1.54) is 11.3 Å². The number of carbonyl (C=O) groups is 1. The summed E-state index contributed by atoms with van der Waals surface area (Å²) in [5, 5.41) is 19.0. The Labute approximate surface area is 120 Å². The Bertz CT molecular complexity index is 588. The first kappa shape index (κ1) is 13.3. The zero-order chi connectivity index (χ0) is 13.9. The summed E-state index contributed by atoms with van der Waals surface area (Å²) in [5.41, 5.74) is 0.638. The number of rotatable bonds is 4. The van der Waals surface area contributed by atoms with Gasteiger partial charge in [-0.25, -0.2) is 9.48 Å². The molecule has 3 heterocycles. The summed E-state index contributed by atoms with van der Waals surface area (Å²) in [6.45, 7) is 2.22. The number of ether oxygens (including phenoxy) is 1. The second-order valence-corrected chi connectivity index (χ2v) is 5.75. The topological polar surface area (TPSA) is 77.2 Å². The van der Waals surface area contributed by atoms with Gasteiger partial charge in [-0.2, -0.15) is 0 Å². The molecule has 20 heavy (non-hydrogen) atoms. The lowest BCUT2D eigenvalue weighted by molar-refractivity contribution is 0.0601. The van der Waals surface area contributed by atoms with Crippen molar-refractivity contribution in [2.75, 3.05) is 13.2 Å². The van der Waals surface area contributed by atoms with E-state index in [1.807, 2.05) is 17.5 Å². The number of aromatic carboxylic acids is 1. The molecule has 1 aliphatic rings. The molecule has 1 saturated heterocycles. The Hall–Kier alpha value is -1.73. The highest BCUT2D eigenvalue weighted by atomic mass is 32.1. The van der Waals surface area contributed by atoms with Crippen molar-refractivity contribution in [3.63, 3.8) is 0 Å². The number of hydrogen-bond acceptors (Lipinski definition) is 5. The predicted octanol–water partition coefficient (Wildman–Crippen LogP) is 2.13. The highest BCUT2D eigenvalue weighted by Crippen LogP contribution is 2.28. The smallest absolute Gasteiger partial charge is 0.358 e. The van der Waals surface area contributed by atoms with Crippen molar-refractivity contribution in [1.82, 2.24) is 15.0 Å². The Balaban J connectivity index is 1.92. The molecule has 1 N–H and O–H groups in total. The van der Waals surface area contributed by atoms with Crippen molar-refractivity contribution in [3.05, 3.63) is 23.2 Å². The van der Waals surface area contributed by atoms with Crippen LogP contribution in [0.5, 0.6) is 0 Å². The van der Waals surface area contributed by atoms with E-state index >= 15 is 0 Å². The van der Waals surface area contributed by atoms with Crippen molar-refractivity contribution in [3.8, 4) is 10.6 Å². The Morgan fingerprint density at radius 3 is 2.95 bits per heavy atom. The zero-order valence-corrected chi connectivity index (χ0v) is 11.7. The van der Waals surface area contributed by atoms with E-state index in [-0.39, 0.29) is 5.69 Å². The maximum atomic E-state index is 11.3. The van der Waals surface area contributed by atoms with Gasteiger partial charge in [0, 0.05) is 19.8 Å². The van der Waals surface area contributed by atoms with Crippen LogP contribution in [-0.2, 0) is 11.3 Å². The van der Waals surface area contributed by atoms with Gasteiger partial charge in [0.25, 0.3) is 0 Å². The Kier molecular flexibility index (Phi) is 3.79. The molecule has 0 bridgehead atoms. The second-order valence-electron chi connectivity index (χ2n) is 4.81. The first-order valence-corrected chi connectivity index (χ1v) is 7.42. The van der Waals surface area contributed by atoms with Crippen molar-refractivity contribution in [1.29, 1.82) is 0 Å². The molecule has 2 aromatic rings. The lowest BCUT2D eigenvalue weighted by atomic mass is 10.0. The van der Waals surface area contributed by atoms with E-state index in [2.05, 4.69) is 10.3 Å². The summed E-state index contributed by atoms with van der Waals surface area (Å²) >= 11 is 1.50. The van der Waals surface area contributed by atoms with Crippen LogP contribution in [-0.4, -0.2) is 39.3 Å². The van der Waals surface area contributed by atoms with E-state index in [9.17, 15) is 9.90 Å². The van der Waals surface area contributed by atoms with Gasteiger partial charge in [0.15, 0.2) is 5.69 Å². The average Bonchev–Trinajstić information content (AvgIpc) is 3.08. The highest BCUT2D eigenvalue weighted by molar-refractivity contribution is 7.13. The first-order chi connectivity index (χ1) is 9.75. The van der Waals surface area contributed by atoms with Gasteiger partial charge in [-0.15, -0.1) is 16.4 Å². The largest absolute Gasteiger partial charge is 0.476 e. The minimum Gasteiger partial charge on any atom is -0.476 e. The molecule has 1 fully saturated rings. The molecular weight excluding hydrogens is 278 g/mol. The van der Waals surface area contributed by atoms with Crippen LogP contribution in [0.25, 0.3) is 10.6 Å². The van der Waals surface area contributed by atoms with Crippen LogP contribution in [0, 0.1) is 5.92 Å². The van der Waals surface area contributed by atoms with E-state index in [0.29, 0.717) is 18.2 Å². The molecule has 0 radical (unpaired) electrons. The summed E-state index contributed by atoms with van der Waals surface area (Å²) in [5.74, 6) is -0.572. The molecule has 0 aromatic carbocycles. The summed E-state index contributed by atoms with van der Waals surface area (Å²) in [4.78, 5) is 12.2. The SMILES string of the molecule is O=C(O)c1nnn(CC2CCOCC2)c1-c1cccs1. The van der Waals surface area contributed by atoms with Crippen LogP contribution in [0.3, 0.4) is 0 Å². The molecule has 1 aliphatic heterocycles. The van der Waals surface area contributed by atoms with Gasteiger partial charge >= 0.3 is 5.97 Å². The van der Waals surface area contributed by atoms with Crippen molar-refractivity contribution in [2.24, 2.45) is 5.92 Å². The minimum absolute atomic E-state index is 0.0273. The number of aromatic nitrogens is 3. The van der Waals surface area contributed by atoms with Gasteiger partial charge in [0.05, 0.1) is 4.88 Å². The lowest BCUT2D eigenvalue weighted by Gasteiger charge is -2.22. The quantitative estimate of drug-likeness (QED) is 0.934. The summed E-state index contributed by atoms with van der Waals surface area (Å²) in [7, 11) is 0. The zero-order valence-electron chi connectivity index (χ0n) is 10.9. The number of carboxylic acid groups (broad SMARTS) is 1. The molecule has 0 atom stereocenters. The van der Waals surface area contributed by atoms with Crippen molar-refractivity contribution < 1.29 is 14.6 Å². The maximum Gasteiger partial charge on any atom is 0.358 e. The van der Waals surface area contributed by atoms with Gasteiger partial charge in [-0.3, -0.25) is 0 Å². The predicted molar refractivity (Wildman–Crippen MR) is 73.8 cm³/mol. The fourth-order valence-corrected chi connectivity index (χ4v) is 3.19. The molecule has 0 unspecified atom stereocenters. The Morgan fingerprint density at radius 1 is 1.50 bits per heavy atom. The minimum atomic E-state index is -1.04. The van der Waals surface area contributed by atoms with Crippen LogP contribution in [0.4, 0.5) is 0 Å². The third kappa shape index (κ3) is 2.59. The fraction of sp³-hybridized carbons (Fsp3) is 0.462. The van der Waals surface area contributed by atoms with Crippen molar-refractivity contribution >= 4 is 17.3 Å². The molecule has 0 aliphatic carbocycles. The molecule has 6 nitrogen and oxygen atoms in total. The standard InChI is InChI=1S/C13H15N3O3S/c17-13(18)11-12(10-2-1-7-20-10)16(15-14-11)8-9-3-5-19-6-4-9/h1-2,7,9H,3-6,8H2,(H,17,18). The van der Waals surface area contributed by atoms with Crippen LogP contribution < -0.4 is 0 Å². The maximum absolute atomic E-state index is 11.3. The van der Waals surface area contributed by atoms with Gasteiger partial charge in [-0.05, 0) is 30.2 Å². The van der Waals surface area contributed by atoms with Crippen LogP contribution in [0.2, 0.25) is 0 Å². The van der Waals surface area contributed by atoms with Gasteiger partial charge < -0.3 is 9.84 Å². The highest BCUT2D eigenvalue weighted by Gasteiger charge is 2.23. The van der Waals surface area contributed by atoms with E-state index in [0.717, 1.165) is 30.9 Å². The molecule has 0 spiro atoms.